The molecule has 1 aromatic heterocycles. The van der Waals surface area contributed by atoms with E-state index in [0.29, 0.717) is 19.5 Å². The van der Waals surface area contributed by atoms with Gasteiger partial charge in [-0.25, -0.2) is 0 Å². The number of aryl methyl sites for hydroxylation is 1. The van der Waals surface area contributed by atoms with Gasteiger partial charge in [0.25, 0.3) is 0 Å². The summed E-state index contributed by atoms with van der Waals surface area (Å²) in [6, 6.07) is 11.8. The minimum atomic E-state index is 0.0625. The second kappa shape index (κ2) is 7.51. The van der Waals surface area contributed by atoms with Gasteiger partial charge in [-0.05, 0) is 36.4 Å². The number of para-hydroxylation sites is 2. The molecule has 0 aliphatic carbocycles. The Morgan fingerprint density at radius 2 is 2.00 bits per heavy atom. The van der Waals surface area contributed by atoms with Gasteiger partial charge >= 0.3 is 0 Å². The molecule has 0 bridgehead atoms. The summed E-state index contributed by atoms with van der Waals surface area (Å²) in [5.74, 6) is 1.69. The van der Waals surface area contributed by atoms with Gasteiger partial charge < -0.3 is 14.4 Å². The van der Waals surface area contributed by atoms with Crippen LogP contribution in [0, 0.1) is 0 Å². The second-order valence-electron chi connectivity index (χ2n) is 5.62. The van der Waals surface area contributed by atoms with Crippen LogP contribution in [0.15, 0.2) is 41.8 Å². The lowest BCUT2D eigenvalue weighted by Crippen LogP contribution is -2.56. The fraction of sp³-hybridized carbons (Fsp3) is 0.389. The number of likely N-dealkylation sites (tertiary alicyclic amines) is 1. The molecule has 122 valence electrons. The molecule has 23 heavy (non-hydrogen) atoms. The molecule has 0 unspecified atom stereocenters. The third-order valence-corrected chi connectivity index (χ3v) is 4.89. The molecule has 1 saturated heterocycles. The molecule has 0 saturated carbocycles. The van der Waals surface area contributed by atoms with Crippen LogP contribution in [0.2, 0.25) is 0 Å². The number of methoxy groups -OCH3 is 1. The zero-order chi connectivity index (χ0) is 16.1. The SMILES string of the molecule is COc1ccccc1OC1CN(C(=O)CCCc2cccs2)C1. The highest BCUT2D eigenvalue weighted by Gasteiger charge is 2.32. The van der Waals surface area contributed by atoms with Crippen molar-refractivity contribution in [3.05, 3.63) is 46.7 Å². The zero-order valence-electron chi connectivity index (χ0n) is 13.2. The summed E-state index contributed by atoms with van der Waals surface area (Å²) in [5, 5.41) is 2.08. The molecule has 0 radical (unpaired) electrons. The van der Waals surface area contributed by atoms with Crippen molar-refractivity contribution in [1.29, 1.82) is 0 Å². The van der Waals surface area contributed by atoms with E-state index < -0.39 is 0 Å². The maximum Gasteiger partial charge on any atom is 0.222 e. The number of carbonyl (C=O) groups excluding carboxylic acids is 1. The van der Waals surface area contributed by atoms with Crippen molar-refractivity contribution >= 4 is 17.2 Å². The maximum absolute atomic E-state index is 12.1. The first-order valence-electron chi connectivity index (χ1n) is 7.86. The Kier molecular flexibility index (Phi) is 5.18. The zero-order valence-corrected chi connectivity index (χ0v) is 14.1. The Hall–Kier alpha value is -2.01. The number of thiophene rings is 1. The van der Waals surface area contributed by atoms with Crippen molar-refractivity contribution in [2.45, 2.75) is 25.4 Å². The van der Waals surface area contributed by atoms with Gasteiger partial charge in [0, 0.05) is 11.3 Å². The first-order valence-corrected chi connectivity index (χ1v) is 8.74. The Morgan fingerprint density at radius 1 is 1.22 bits per heavy atom. The normalized spacial score (nSPS) is 14.4. The van der Waals surface area contributed by atoms with Gasteiger partial charge in [0.05, 0.1) is 20.2 Å². The summed E-state index contributed by atoms with van der Waals surface area (Å²) < 4.78 is 11.2. The summed E-state index contributed by atoms with van der Waals surface area (Å²) in [6.07, 6.45) is 2.57. The first-order chi connectivity index (χ1) is 11.3. The van der Waals surface area contributed by atoms with Crippen LogP contribution in [-0.2, 0) is 11.2 Å². The number of benzene rings is 1. The highest BCUT2D eigenvalue weighted by molar-refractivity contribution is 7.09. The largest absolute Gasteiger partial charge is 0.493 e. The monoisotopic (exact) mass is 331 g/mol. The van der Waals surface area contributed by atoms with E-state index in [1.165, 1.54) is 4.88 Å². The Balaban J connectivity index is 1.39. The van der Waals surface area contributed by atoms with Crippen LogP contribution in [0.5, 0.6) is 11.5 Å². The summed E-state index contributed by atoms with van der Waals surface area (Å²) in [7, 11) is 1.63. The van der Waals surface area contributed by atoms with E-state index in [0.717, 1.165) is 24.3 Å². The molecule has 1 aliphatic rings. The van der Waals surface area contributed by atoms with E-state index in [4.69, 9.17) is 9.47 Å². The van der Waals surface area contributed by atoms with Gasteiger partial charge in [-0.3, -0.25) is 4.79 Å². The predicted molar refractivity (Wildman–Crippen MR) is 91.2 cm³/mol. The molecule has 5 heteroatoms. The molecule has 0 N–H and O–H groups in total. The lowest BCUT2D eigenvalue weighted by molar-refractivity contribution is -0.140. The number of hydrogen-bond donors (Lipinski definition) is 0. The molecular formula is C18H21NO3S. The van der Waals surface area contributed by atoms with Gasteiger partial charge in [-0.1, -0.05) is 18.2 Å². The molecule has 3 rings (SSSR count). The average molecular weight is 331 g/mol. The molecule has 2 aromatic rings. The number of hydrogen-bond acceptors (Lipinski definition) is 4. The van der Waals surface area contributed by atoms with E-state index in [1.807, 2.05) is 29.2 Å². The predicted octanol–water partition coefficient (Wildman–Crippen LogP) is 3.37. The number of ether oxygens (including phenoxy) is 2. The van der Waals surface area contributed by atoms with Crippen molar-refractivity contribution in [3.8, 4) is 11.5 Å². The van der Waals surface area contributed by atoms with Crippen molar-refractivity contribution < 1.29 is 14.3 Å². The number of carbonyl (C=O) groups is 1. The third-order valence-electron chi connectivity index (χ3n) is 3.96. The number of amides is 1. The summed E-state index contributed by atoms with van der Waals surface area (Å²) in [5.41, 5.74) is 0. The van der Waals surface area contributed by atoms with Crippen LogP contribution in [-0.4, -0.2) is 37.1 Å². The standard InChI is InChI=1S/C18H21NO3S/c1-21-16-8-2-3-9-17(16)22-14-12-19(13-14)18(20)10-4-6-15-7-5-11-23-15/h2-3,5,7-9,11,14H,4,6,10,12-13H2,1H3. The molecule has 1 aromatic carbocycles. The van der Waals surface area contributed by atoms with Crippen LogP contribution < -0.4 is 9.47 Å². The van der Waals surface area contributed by atoms with Crippen LogP contribution in [0.25, 0.3) is 0 Å². The van der Waals surface area contributed by atoms with E-state index in [2.05, 4.69) is 17.5 Å². The van der Waals surface area contributed by atoms with Gasteiger partial charge in [-0.2, -0.15) is 0 Å². The minimum Gasteiger partial charge on any atom is -0.493 e. The van der Waals surface area contributed by atoms with Crippen LogP contribution in [0.1, 0.15) is 17.7 Å². The molecule has 4 nitrogen and oxygen atoms in total. The molecule has 1 fully saturated rings. The number of nitrogens with zero attached hydrogens (tertiary/aromatic N) is 1. The molecule has 2 heterocycles. The fourth-order valence-corrected chi connectivity index (χ4v) is 3.39. The Bertz CT molecular complexity index is 635. The summed E-state index contributed by atoms with van der Waals surface area (Å²) in [4.78, 5) is 15.3. The second-order valence-corrected chi connectivity index (χ2v) is 6.65. The average Bonchev–Trinajstić information content (AvgIpc) is 3.04. The summed E-state index contributed by atoms with van der Waals surface area (Å²) >= 11 is 1.75. The highest BCUT2D eigenvalue weighted by Crippen LogP contribution is 2.28. The van der Waals surface area contributed by atoms with E-state index >= 15 is 0 Å². The first kappa shape index (κ1) is 15.9. The topological polar surface area (TPSA) is 38.8 Å². The van der Waals surface area contributed by atoms with E-state index in [1.54, 1.807) is 18.4 Å². The lowest BCUT2D eigenvalue weighted by Gasteiger charge is -2.39. The highest BCUT2D eigenvalue weighted by atomic mass is 32.1. The number of rotatable bonds is 7. The van der Waals surface area contributed by atoms with Crippen molar-refractivity contribution in [2.75, 3.05) is 20.2 Å². The van der Waals surface area contributed by atoms with Crippen molar-refractivity contribution in [2.24, 2.45) is 0 Å². The van der Waals surface area contributed by atoms with Crippen LogP contribution >= 0.6 is 11.3 Å². The Morgan fingerprint density at radius 3 is 2.70 bits per heavy atom. The maximum atomic E-state index is 12.1. The van der Waals surface area contributed by atoms with Crippen LogP contribution in [0.4, 0.5) is 0 Å². The van der Waals surface area contributed by atoms with Crippen LogP contribution in [0.3, 0.4) is 0 Å². The fourth-order valence-electron chi connectivity index (χ4n) is 2.64. The van der Waals surface area contributed by atoms with Crippen molar-refractivity contribution in [1.82, 2.24) is 4.90 Å². The molecule has 1 amide bonds. The third kappa shape index (κ3) is 4.05. The van der Waals surface area contributed by atoms with Crippen molar-refractivity contribution in [3.63, 3.8) is 0 Å². The molecule has 0 atom stereocenters. The molecule has 0 spiro atoms. The van der Waals surface area contributed by atoms with Gasteiger partial charge in [0.15, 0.2) is 11.5 Å². The molecule has 1 aliphatic heterocycles. The smallest absolute Gasteiger partial charge is 0.222 e. The molecular weight excluding hydrogens is 310 g/mol. The van der Waals surface area contributed by atoms with Gasteiger partial charge in [0.2, 0.25) is 5.91 Å². The quantitative estimate of drug-likeness (QED) is 0.781. The Labute approximate surface area is 140 Å². The summed E-state index contributed by atoms with van der Waals surface area (Å²) in [6.45, 7) is 1.33. The lowest BCUT2D eigenvalue weighted by atomic mass is 10.1. The van der Waals surface area contributed by atoms with Gasteiger partial charge in [0.1, 0.15) is 6.10 Å². The minimum absolute atomic E-state index is 0.0625. The van der Waals surface area contributed by atoms with E-state index in [9.17, 15) is 4.79 Å². The van der Waals surface area contributed by atoms with Gasteiger partial charge in [-0.15, -0.1) is 11.3 Å². The van der Waals surface area contributed by atoms with E-state index in [-0.39, 0.29) is 12.0 Å².